The Bertz CT molecular complexity index is 665. The van der Waals surface area contributed by atoms with E-state index in [1.165, 1.54) is 6.92 Å². The van der Waals surface area contributed by atoms with Gasteiger partial charge in [-0.05, 0) is 38.2 Å². The summed E-state index contributed by atoms with van der Waals surface area (Å²) in [5, 5.41) is 0. The Morgan fingerprint density at radius 1 is 1.30 bits per heavy atom. The highest BCUT2D eigenvalue weighted by Gasteiger charge is 2.11. The number of carbonyl (C=O) groups excluding carboxylic acids is 1. The number of likely N-dealkylation sites (N-methyl/N-ethyl adjacent to an activating group) is 1. The normalized spacial score (nSPS) is 11.4. The van der Waals surface area contributed by atoms with Crippen LogP contribution in [0, 0.1) is 0 Å². The van der Waals surface area contributed by atoms with Crippen molar-refractivity contribution in [1.82, 2.24) is 9.47 Å². The third-order valence-electron chi connectivity index (χ3n) is 3.61. The van der Waals surface area contributed by atoms with Gasteiger partial charge in [0.25, 0.3) is 0 Å². The molecule has 0 atom stereocenters. The Balaban J connectivity index is 2.32. The van der Waals surface area contributed by atoms with Gasteiger partial charge in [0.2, 0.25) is 0 Å². The van der Waals surface area contributed by atoms with E-state index in [1.807, 2.05) is 0 Å². The Hall–Kier alpha value is -1.88. The molecule has 0 saturated heterocycles. The zero-order valence-electron chi connectivity index (χ0n) is 12.2. The zero-order chi connectivity index (χ0) is 14.7. The molecule has 0 unspecified atom stereocenters. The maximum absolute atomic E-state index is 11.9. The Morgan fingerprint density at radius 3 is 2.60 bits per heavy atom. The first-order chi connectivity index (χ1) is 9.56. The van der Waals surface area contributed by atoms with Crippen LogP contribution in [0.5, 0.6) is 0 Å². The number of fused-ring (bicyclic) bond motifs is 1. The molecule has 0 aliphatic carbocycles. The third kappa shape index (κ3) is 2.82. The summed E-state index contributed by atoms with van der Waals surface area (Å²) in [6.45, 7) is 8.99. The van der Waals surface area contributed by atoms with Crippen LogP contribution in [-0.2, 0) is 6.54 Å². The van der Waals surface area contributed by atoms with Crippen LogP contribution in [0.2, 0.25) is 0 Å². The lowest BCUT2D eigenvalue weighted by Crippen LogP contribution is -2.29. The first-order valence-corrected chi connectivity index (χ1v) is 6.93. The van der Waals surface area contributed by atoms with E-state index in [4.69, 9.17) is 4.42 Å². The fraction of sp³-hybridized carbons (Fsp3) is 0.467. The van der Waals surface area contributed by atoms with Crippen LogP contribution in [0.15, 0.2) is 27.4 Å². The Labute approximate surface area is 117 Å². The minimum Gasteiger partial charge on any atom is -0.408 e. The molecule has 5 nitrogen and oxygen atoms in total. The lowest BCUT2D eigenvalue weighted by molar-refractivity contribution is 0.101. The number of aromatic nitrogens is 1. The molecule has 1 aromatic carbocycles. The van der Waals surface area contributed by atoms with Gasteiger partial charge >= 0.3 is 5.76 Å². The number of hydrogen-bond donors (Lipinski definition) is 0. The smallest absolute Gasteiger partial charge is 0.408 e. The van der Waals surface area contributed by atoms with Gasteiger partial charge in [0, 0.05) is 18.7 Å². The summed E-state index contributed by atoms with van der Waals surface area (Å²) in [5.41, 5.74) is 1.77. The summed E-state index contributed by atoms with van der Waals surface area (Å²) < 4.78 is 6.85. The van der Waals surface area contributed by atoms with Crippen LogP contribution < -0.4 is 5.76 Å². The molecule has 0 radical (unpaired) electrons. The minimum atomic E-state index is -0.368. The van der Waals surface area contributed by atoms with Gasteiger partial charge in [-0.15, -0.1) is 0 Å². The molecule has 0 saturated carbocycles. The average molecular weight is 276 g/mol. The number of carbonyl (C=O) groups is 1. The molecule has 0 amide bonds. The summed E-state index contributed by atoms with van der Waals surface area (Å²) in [6, 6.07) is 5.14. The monoisotopic (exact) mass is 276 g/mol. The van der Waals surface area contributed by atoms with Gasteiger partial charge in [-0.1, -0.05) is 13.8 Å². The van der Waals surface area contributed by atoms with E-state index in [0.29, 0.717) is 17.7 Å². The summed E-state index contributed by atoms with van der Waals surface area (Å²) in [6.07, 6.45) is 0. The maximum Gasteiger partial charge on any atom is 0.419 e. The van der Waals surface area contributed by atoms with Crippen molar-refractivity contribution in [3.8, 4) is 0 Å². The molecule has 5 heteroatoms. The van der Waals surface area contributed by atoms with Gasteiger partial charge in [-0.25, -0.2) is 4.79 Å². The number of ketones is 1. The van der Waals surface area contributed by atoms with E-state index >= 15 is 0 Å². The molecule has 0 spiro atoms. The van der Waals surface area contributed by atoms with Gasteiger partial charge in [-0.2, -0.15) is 0 Å². The van der Waals surface area contributed by atoms with Crippen molar-refractivity contribution in [2.75, 3.05) is 19.6 Å². The second-order valence-corrected chi connectivity index (χ2v) is 4.79. The van der Waals surface area contributed by atoms with Crippen LogP contribution in [0.25, 0.3) is 11.1 Å². The topological polar surface area (TPSA) is 55.5 Å². The van der Waals surface area contributed by atoms with Crippen LogP contribution in [-0.4, -0.2) is 34.9 Å². The lowest BCUT2D eigenvalue weighted by atomic mass is 10.1. The molecule has 20 heavy (non-hydrogen) atoms. The standard InChI is InChI=1S/C15H20N2O3/c1-4-16(5-2)8-9-17-13-7-6-12(11(3)18)10-14(13)20-15(17)19/h6-7,10H,4-5,8-9H2,1-3H3. The fourth-order valence-corrected chi connectivity index (χ4v) is 2.28. The largest absolute Gasteiger partial charge is 0.419 e. The summed E-state index contributed by atoms with van der Waals surface area (Å²) >= 11 is 0. The molecule has 1 heterocycles. The summed E-state index contributed by atoms with van der Waals surface area (Å²) in [4.78, 5) is 25.5. The second-order valence-electron chi connectivity index (χ2n) is 4.79. The van der Waals surface area contributed by atoms with Crippen molar-refractivity contribution in [3.63, 3.8) is 0 Å². The Kier molecular flexibility index (Phi) is 4.39. The van der Waals surface area contributed by atoms with Crippen LogP contribution in [0.3, 0.4) is 0 Å². The second kappa shape index (κ2) is 6.05. The van der Waals surface area contributed by atoms with E-state index in [2.05, 4.69) is 18.7 Å². The molecular weight excluding hydrogens is 256 g/mol. The molecule has 0 N–H and O–H groups in total. The van der Waals surface area contributed by atoms with Crippen molar-refractivity contribution in [1.29, 1.82) is 0 Å². The van der Waals surface area contributed by atoms with Crippen molar-refractivity contribution >= 4 is 16.9 Å². The fourth-order valence-electron chi connectivity index (χ4n) is 2.28. The molecule has 0 aliphatic rings. The van der Waals surface area contributed by atoms with Crippen molar-refractivity contribution in [2.45, 2.75) is 27.3 Å². The van der Waals surface area contributed by atoms with Gasteiger partial charge in [0.15, 0.2) is 11.4 Å². The summed E-state index contributed by atoms with van der Waals surface area (Å²) in [5.74, 6) is -0.404. The molecule has 0 fully saturated rings. The number of nitrogens with zero attached hydrogens (tertiary/aromatic N) is 2. The van der Waals surface area contributed by atoms with Crippen LogP contribution >= 0.6 is 0 Å². The van der Waals surface area contributed by atoms with Gasteiger partial charge < -0.3 is 9.32 Å². The van der Waals surface area contributed by atoms with E-state index < -0.39 is 0 Å². The average Bonchev–Trinajstić information content (AvgIpc) is 2.75. The minimum absolute atomic E-state index is 0.0366. The number of rotatable bonds is 6. The van der Waals surface area contributed by atoms with Crippen molar-refractivity contribution in [2.24, 2.45) is 0 Å². The quantitative estimate of drug-likeness (QED) is 0.758. The third-order valence-corrected chi connectivity index (χ3v) is 3.61. The van der Waals surface area contributed by atoms with E-state index in [0.717, 1.165) is 25.2 Å². The molecular formula is C15H20N2O3. The highest BCUT2D eigenvalue weighted by atomic mass is 16.4. The number of oxazole rings is 1. The number of hydrogen-bond acceptors (Lipinski definition) is 4. The van der Waals surface area contributed by atoms with Crippen LogP contribution in [0.1, 0.15) is 31.1 Å². The molecule has 0 bridgehead atoms. The zero-order valence-corrected chi connectivity index (χ0v) is 12.2. The number of benzene rings is 1. The molecule has 1 aromatic heterocycles. The lowest BCUT2D eigenvalue weighted by Gasteiger charge is -2.17. The highest BCUT2D eigenvalue weighted by Crippen LogP contribution is 2.15. The van der Waals surface area contributed by atoms with Crippen molar-refractivity contribution in [3.05, 3.63) is 34.3 Å². The summed E-state index contributed by atoms with van der Waals surface area (Å²) in [7, 11) is 0. The van der Waals surface area contributed by atoms with Gasteiger partial charge in [0.05, 0.1) is 5.52 Å². The molecule has 108 valence electrons. The predicted molar refractivity (Wildman–Crippen MR) is 78.3 cm³/mol. The van der Waals surface area contributed by atoms with E-state index in [9.17, 15) is 9.59 Å². The molecule has 0 aliphatic heterocycles. The van der Waals surface area contributed by atoms with E-state index in [1.54, 1.807) is 22.8 Å². The van der Waals surface area contributed by atoms with E-state index in [-0.39, 0.29) is 11.5 Å². The number of Topliss-reactive ketones (excluding diaryl/α,β-unsaturated/α-hetero) is 1. The Morgan fingerprint density at radius 2 is 2.00 bits per heavy atom. The highest BCUT2D eigenvalue weighted by molar-refractivity contribution is 5.96. The first-order valence-electron chi connectivity index (χ1n) is 6.93. The van der Waals surface area contributed by atoms with Gasteiger partial charge in [-0.3, -0.25) is 9.36 Å². The molecule has 2 rings (SSSR count). The predicted octanol–water partition coefficient (Wildman–Crippen LogP) is 2.14. The van der Waals surface area contributed by atoms with Crippen molar-refractivity contribution < 1.29 is 9.21 Å². The molecule has 2 aromatic rings. The SMILES string of the molecule is CCN(CC)CCn1c(=O)oc2cc(C(C)=O)ccc21. The first kappa shape index (κ1) is 14.5. The maximum atomic E-state index is 11.9. The van der Waals surface area contributed by atoms with Crippen LogP contribution in [0.4, 0.5) is 0 Å². The van der Waals surface area contributed by atoms with Gasteiger partial charge in [0.1, 0.15) is 0 Å².